The van der Waals surface area contributed by atoms with Crippen molar-refractivity contribution >= 4 is 25.3 Å². The summed E-state index contributed by atoms with van der Waals surface area (Å²) < 4.78 is 19.5. The van der Waals surface area contributed by atoms with Gasteiger partial charge in [-0.1, -0.05) is 121 Å². The Labute approximate surface area is 262 Å². The van der Waals surface area contributed by atoms with E-state index in [9.17, 15) is 28.9 Å². The first-order valence-electron chi connectivity index (χ1n) is 14.6. The van der Waals surface area contributed by atoms with Crippen LogP contribution in [0.1, 0.15) is 22.3 Å². The number of hydrogen-bond acceptors (Lipinski definition) is 5. The average Bonchev–Trinajstić information content (AvgIpc) is 3.04. The van der Waals surface area contributed by atoms with Gasteiger partial charge in [0.1, 0.15) is 18.4 Å². The summed E-state index contributed by atoms with van der Waals surface area (Å²) in [5.41, 5.74) is 2.92. The van der Waals surface area contributed by atoms with E-state index in [2.05, 4.69) is 10.6 Å². The van der Waals surface area contributed by atoms with Gasteiger partial charge in [-0.2, -0.15) is 0 Å². The van der Waals surface area contributed by atoms with E-state index in [1.807, 2.05) is 36.4 Å². The number of carboxylic acid groups (broad SMARTS) is 1. The molecule has 4 aromatic carbocycles. The van der Waals surface area contributed by atoms with Crippen LogP contribution in [0.2, 0.25) is 0 Å². The van der Waals surface area contributed by atoms with Crippen LogP contribution in [0.25, 0.3) is 0 Å². The van der Waals surface area contributed by atoms with E-state index >= 15 is 0 Å². The number of ether oxygens (including phenoxy) is 1. The summed E-state index contributed by atoms with van der Waals surface area (Å²) in [7, 11) is -4.32. The molecule has 0 aromatic heterocycles. The first-order chi connectivity index (χ1) is 21.7. The summed E-state index contributed by atoms with van der Waals surface area (Å²) in [5, 5.41) is 15.1. The maximum Gasteiger partial charge on any atom is 0.408 e. The third-order valence-corrected chi connectivity index (χ3v) is 9.58. The predicted octanol–water partition coefficient (Wildman–Crippen LogP) is 5.42. The van der Waals surface area contributed by atoms with Crippen molar-refractivity contribution in [2.24, 2.45) is 5.92 Å². The lowest BCUT2D eigenvalue weighted by Gasteiger charge is -2.28. The summed E-state index contributed by atoms with van der Waals surface area (Å²) in [5.74, 6) is -4.22. The van der Waals surface area contributed by atoms with E-state index in [0.717, 1.165) is 16.7 Å². The molecular formula is C35H37N2O7P. The lowest BCUT2D eigenvalue weighted by Crippen LogP contribution is -2.46. The van der Waals surface area contributed by atoms with Gasteiger partial charge in [-0.3, -0.25) is 9.36 Å². The molecule has 4 aromatic rings. The number of aliphatic carboxylic acids is 1. The van der Waals surface area contributed by atoms with Crippen LogP contribution in [0.4, 0.5) is 4.79 Å². The SMILES string of the molecule is O=C(N[C@@H](Cc1ccccc1)P(=O)(O)CC(Cc1ccccc1)C(=O)N[C@H](Cc1ccccc1)C(=O)O)OCc1ccccc1. The highest BCUT2D eigenvalue weighted by Crippen LogP contribution is 2.48. The maximum atomic E-state index is 14.1. The van der Waals surface area contributed by atoms with Crippen LogP contribution in [-0.4, -0.2) is 46.0 Å². The smallest absolute Gasteiger partial charge is 0.408 e. The van der Waals surface area contributed by atoms with Crippen molar-refractivity contribution in [3.63, 3.8) is 0 Å². The molecule has 9 nitrogen and oxygen atoms in total. The minimum atomic E-state index is -4.32. The highest BCUT2D eigenvalue weighted by atomic mass is 31.2. The van der Waals surface area contributed by atoms with E-state index < -0.39 is 49.2 Å². The molecule has 0 aliphatic carbocycles. The molecule has 0 bridgehead atoms. The van der Waals surface area contributed by atoms with Gasteiger partial charge < -0.3 is 25.4 Å². The van der Waals surface area contributed by atoms with Gasteiger partial charge in [0.2, 0.25) is 13.3 Å². The molecule has 2 unspecified atom stereocenters. The van der Waals surface area contributed by atoms with Crippen LogP contribution in [0.5, 0.6) is 0 Å². The Hall–Kier alpha value is -4.72. The summed E-state index contributed by atoms with van der Waals surface area (Å²) in [6.45, 7) is -0.0303. The van der Waals surface area contributed by atoms with Gasteiger partial charge in [-0.25, -0.2) is 9.59 Å². The molecular weight excluding hydrogens is 591 g/mol. The molecule has 2 amide bonds. The third kappa shape index (κ3) is 10.7. The Bertz CT molecular complexity index is 1570. The zero-order chi connectivity index (χ0) is 32.1. The first-order valence-corrected chi connectivity index (χ1v) is 16.5. The summed E-state index contributed by atoms with van der Waals surface area (Å²) in [4.78, 5) is 50.2. The van der Waals surface area contributed by atoms with Gasteiger partial charge in [0, 0.05) is 19.0 Å². The molecule has 0 fully saturated rings. The highest BCUT2D eigenvalue weighted by molar-refractivity contribution is 7.58. The van der Waals surface area contributed by atoms with E-state index in [0.29, 0.717) is 5.56 Å². The highest BCUT2D eigenvalue weighted by Gasteiger charge is 2.38. The van der Waals surface area contributed by atoms with Crippen molar-refractivity contribution in [2.45, 2.75) is 37.7 Å². The zero-order valence-corrected chi connectivity index (χ0v) is 25.6. The third-order valence-electron chi connectivity index (χ3n) is 7.33. The van der Waals surface area contributed by atoms with Crippen LogP contribution in [0, 0.1) is 5.92 Å². The monoisotopic (exact) mass is 628 g/mol. The lowest BCUT2D eigenvalue weighted by molar-refractivity contribution is -0.142. The molecule has 0 saturated carbocycles. The minimum Gasteiger partial charge on any atom is -0.480 e. The van der Waals surface area contributed by atoms with Crippen LogP contribution >= 0.6 is 7.37 Å². The maximum absolute atomic E-state index is 14.1. The molecule has 0 radical (unpaired) electrons. The Morgan fingerprint density at radius 2 is 1.09 bits per heavy atom. The summed E-state index contributed by atoms with van der Waals surface area (Å²) in [6, 6.07) is 34.6. The largest absolute Gasteiger partial charge is 0.480 e. The van der Waals surface area contributed by atoms with E-state index in [4.69, 9.17) is 4.74 Å². The molecule has 4 atom stereocenters. The second kappa shape index (κ2) is 16.4. The standard InChI is InChI=1S/C35H37N2O7P/c38-33(36-31(34(39)40)22-27-15-7-2-8-16-27)30(21-26-13-5-1-6-14-26)25-45(42,43)32(23-28-17-9-3-10-18-28)37-35(41)44-24-29-19-11-4-12-20-29/h1-20,30-32H,21-25H2,(H,36,38)(H,37,41)(H,39,40)(H,42,43)/t30?,31-,32-/m1/s1. The number of nitrogens with one attached hydrogen (secondary N) is 2. The normalized spacial score (nSPS) is 14.2. The van der Waals surface area contributed by atoms with Crippen molar-refractivity contribution in [2.75, 3.05) is 6.16 Å². The fourth-order valence-electron chi connectivity index (χ4n) is 4.95. The number of carboxylic acids is 1. The quantitative estimate of drug-likeness (QED) is 0.129. The molecule has 0 saturated heterocycles. The summed E-state index contributed by atoms with van der Waals surface area (Å²) in [6.07, 6.45) is -1.22. The molecule has 0 spiro atoms. The van der Waals surface area contributed by atoms with E-state index in [1.54, 1.807) is 84.9 Å². The van der Waals surface area contributed by atoms with Crippen molar-refractivity contribution in [3.05, 3.63) is 144 Å². The molecule has 4 N–H and O–H groups in total. The van der Waals surface area contributed by atoms with Crippen molar-refractivity contribution in [3.8, 4) is 0 Å². The van der Waals surface area contributed by atoms with Gasteiger partial charge >= 0.3 is 12.1 Å². The topological polar surface area (TPSA) is 142 Å². The Kier molecular flexibility index (Phi) is 12.1. The van der Waals surface area contributed by atoms with E-state index in [-0.39, 0.29) is 25.9 Å². The Morgan fingerprint density at radius 3 is 1.58 bits per heavy atom. The molecule has 0 heterocycles. The number of carbonyl (C=O) groups excluding carboxylic acids is 2. The second-order valence-corrected chi connectivity index (χ2v) is 13.3. The number of benzene rings is 4. The number of alkyl carbamates (subject to hydrolysis) is 1. The van der Waals surface area contributed by atoms with E-state index in [1.165, 1.54) is 0 Å². The molecule has 0 aliphatic rings. The Balaban J connectivity index is 1.56. The van der Waals surface area contributed by atoms with Gasteiger partial charge in [-0.15, -0.1) is 0 Å². The fraction of sp³-hybridized carbons (Fsp3) is 0.229. The molecule has 45 heavy (non-hydrogen) atoms. The fourth-order valence-corrected chi connectivity index (χ4v) is 6.94. The number of rotatable bonds is 15. The number of amides is 2. The van der Waals surface area contributed by atoms with Crippen molar-refractivity contribution in [1.82, 2.24) is 10.6 Å². The first kappa shape index (κ1) is 33.2. The zero-order valence-electron chi connectivity index (χ0n) is 24.7. The van der Waals surface area contributed by atoms with Gasteiger partial charge in [0.25, 0.3) is 0 Å². The molecule has 4 rings (SSSR count). The average molecular weight is 629 g/mol. The van der Waals surface area contributed by atoms with Crippen LogP contribution < -0.4 is 10.6 Å². The van der Waals surface area contributed by atoms with Gasteiger partial charge in [0.05, 0.1) is 5.92 Å². The molecule has 10 heteroatoms. The van der Waals surface area contributed by atoms with Crippen LogP contribution in [0.3, 0.4) is 0 Å². The van der Waals surface area contributed by atoms with Crippen LogP contribution in [0.15, 0.2) is 121 Å². The lowest BCUT2D eigenvalue weighted by atomic mass is 9.99. The van der Waals surface area contributed by atoms with Gasteiger partial charge in [0.15, 0.2) is 0 Å². The number of hydrogen-bond donors (Lipinski definition) is 4. The van der Waals surface area contributed by atoms with Gasteiger partial charge in [-0.05, 0) is 28.7 Å². The summed E-state index contributed by atoms with van der Waals surface area (Å²) >= 11 is 0. The molecule has 0 aliphatic heterocycles. The minimum absolute atomic E-state index is 0.0144. The Morgan fingerprint density at radius 1 is 0.644 bits per heavy atom. The number of carbonyl (C=O) groups is 3. The van der Waals surface area contributed by atoms with Crippen molar-refractivity contribution < 1.29 is 33.7 Å². The molecule has 234 valence electrons. The van der Waals surface area contributed by atoms with Crippen LogP contribution in [-0.2, 0) is 44.8 Å². The second-order valence-electron chi connectivity index (χ2n) is 10.8. The van der Waals surface area contributed by atoms with Crippen molar-refractivity contribution in [1.29, 1.82) is 0 Å². The predicted molar refractivity (Wildman–Crippen MR) is 172 cm³/mol.